The molecule has 0 bridgehead atoms. The summed E-state index contributed by atoms with van der Waals surface area (Å²) in [7, 11) is 1.91. The van der Waals surface area contributed by atoms with Crippen LogP contribution in [-0.2, 0) is 11.3 Å². The van der Waals surface area contributed by atoms with E-state index in [0.29, 0.717) is 6.54 Å². The standard InChI is InChI=1S/C19H28N4O2/c1-22(14-18(24)21-19(25)20-16-9-10-16)13-15-7-3-4-8-17(15)23-11-5-2-6-12-23/h3-4,7-8,16H,2,5-6,9-14H2,1H3,(H2,20,21,24,25). The highest BCUT2D eigenvalue weighted by Gasteiger charge is 2.24. The van der Waals surface area contributed by atoms with Crippen LogP contribution in [0.4, 0.5) is 10.5 Å². The first-order valence-electron chi connectivity index (χ1n) is 9.23. The average molecular weight is 344 g/mol. The molecule has 6 heteroatoms. The third-order valence-corrected chi connectivity index (χ3v) is 4.71. The molecule has 3 rings (SSSR count). The third kappa shape index (κ3) is 5.46. The molecule has 1 aromatic rings. The summed E-state index contributed by atoms with van der Waals surface area (Å²) >= 11 is 0. The van der Waals surface area contributed by atoms with Gasteiger partial charge in [0.15, 0.2) is 0 Å². The number of likely N-dealkylation sites (N-methyl/N-ethyl adjacent to an activating group) is 1. The van der Waals surface area contributed by atoms with Gasteiger partial charge in [0.2, 0.25) is 5.91 Å². The van der Waals surface area contributed by atoms with Crippen LogP contribution in [0.25, 0.3) is 0 Å². The minimum absolute atomic E-state index is 0.201. The Morgan fingerprint density at radius 2 is 1.88 bits per heavy atom. The highest BCUT2D eigenvalue weighted by Crippen LogP contribution is 2.25. The molecular weight excluding hydrogens is 316 g/mol. The smallest absolute Gasteiger partial charge is 0.321 e. The predicted octanol–water partition coefficient (Wildman–Crippen LogP) is 2.10. The fourth-order valence-electron chi connectivity index (χ4n) is 3.29. The van der Waals surface area contributed by atoms with Crippen molar-refractivity contribution in [2.75, 3.05) is 31.6 Å². The zero-order valence-electron chi connectivity index (χ0n) is 15.0. The number of carbonyl (C=O) groups excluding carboxylic acids is 2. The Balaban J connectivity index is 1.52. The lowest BCUT2D eigenvalue weighted by molar-refractivity contribution is -0.120. The van der Waals surface area contributed by atoms with Crippen molar-refractivity contribution in [3.8, 4) is 0 Å². The number of nitrogens with zero attached hydrogens (tertiary/aromatic N) is 2. The van der Waals surface area contributed by atoms with Crippen LogP contribution in [0.3, 0.4) is 0 Å². The Kier molecular flexibility index (Phi) is 5.91. The number of benzene rings is 1. The molecule has 1 aromatic carbocycles. The van der Waals surface area contributed by atoms with Gasteiger partial charge in [0.1, 0.15) is 0 Å². The molecule has 2 N–H and O–H groups in total. The number of rotatable bonds is 6. The molecule has 25 heavy (non-hydrogen) atoms. The number of amides is 3. The summed E-state index contributed by atoms with van der Waals surface area (Å²) in [5.41, 5.74) is 2.49. The predicted molar refractivity (Wildman–Crippen MR) is 98.5 cm³/mol. The summed E-state index contributed by atoms with van der Waals surface area (Å²) in [5.74, 6) is -0.267. The fourth-order valence-corrected chi connectivity index (χ4v) is 3.29. The molecular formula is C19H28N4O2. The lowest BCUT2D eigenvalue weighted by Crippen LogP contribution is -2.44. The highest BCUT2D eigenvalue weighted by molar-refractivity contribution is 5.95. The van der Waals surface area contributed by atoms with E-state index in [9.17, 15) is 9.59 Å². The van der Waals surface area contributed by atoms with E-state index in [0.717, 1.165) is 25.9 Å². The Hall–Kier alpha value is -2.08. The van der Waals surface area contributed by atoms with Gasteiger partial charge < -0.3 is 10.2 Å². The summed E-state index contributed by atoms with van der Waals surface area (Å²) in [6.07, 6.45) is 5.80. The largest absolute Gasteiger partial charge is 0.371 e. The van der Waals surface area contributed by atoms with Gasteiger partial charge in [-0.1, -0.05) is 18.2 Å². The van der Waals surface area contributed by atoms with Gasteiger partial charge in [-0.2, -0.15) is 0 Å². The lowest BCUT2D eigenvalue weighted by Gasteiger charge is -2.31. The molecule has 1 heterocycles. The van der Waals surface area contributed by atoms with Gasteiger partial charge in [-0.25, -0.2) is 4.79 Å². The molecule has 0 unspecified atom stereocenters. The van der Waals surface area contributed by atoms with Crippen molar-refractivity contribution < 1.29 is 9.59 Å². The topological polar surface area (TPSA) is 64.7 Å². The van der Waals surface area contributed by atoms with E-state index in [4.69, 9.17) is 0 Å². The van der Waals surface area contributed by atoms with Crippen molar-refractivity contribution >= 4 is 17.6 Å². The van der Waals surface area contributed by atoms with Gasteiger partial charge in [0.25, 0.3) is 0 Å². The maximum Gasteiger partial charge on any atom is 0.321 e. The van der Waals surface area contributed by atoms with E-state index < -0.39 is 0 Å². The molecule has 3 amide bonds. The maximum absolute atomic E-state index is 12.0. The molecule has 0 spiro atoms. The molecule has 1 saturated carbocycles. The van der Waals surface area contributed by atoms with E-state index in [1.807, 2.05) is 18.0 Å². The van der Waals surface area contributed by atoms with E-state index in [2.05, 4.69) is 33.7 Å². The number of carbonyl (C=O) groups is 2. The SMILES string of the molecule is CN(CC(=O)NC(=O)NC1CC1)Cc1ccccc1N1CCCCC1. The van der Waals surface area contributed by atoms with Gasteiger partial charge >= 0.3 is 6.03 Å². The zero-order chi connectivity index (χ0) is 17.6. The Morgan fingerprint density at radius 1 is 1.16 bits per heavy atom. The second-order valence-electron chi connectivity index (χ2n) is 7.14. The van der Waals surface area contributed by atoms with Crippen LogP contribution in [0.1, 0.15) is 37.7 Å². The summed E-state index contributed by atoms with van der Waals surface area (Å²) in [6, 6.07) is 8.27. The van der Waals surface area contributed by atoms with Crippen molar-refractivity contribution in [1.82, 2.24) is 15.5 Å². The molecule has 0 atom stereocenters. The summed E-state index contributed by atoms with van der Waals surface area (Å²) in [5, 5.41) is 5.17. The van der Waals surface area contributed by atoms with E-state index >= 15 is 0 Å². The first-order chi connectivity index (χ1) is 12.1. The average Bonchev–Trinajstić information content (AvgIpc) is 3.39. The number of hydrogen-bond donors (Lipinski definition) is 2. The summed E-state index contributed by atoms with van der Waals surface area (Å²) in [4.78, 5) is 28.0. The molecule has 1 saturated heterocycles. The first-order valence-corrected chi connectivity index (χ1v) is 9.23. The van der Waals surface area contributed by atoms with Crippen LogP contribution in [0, 0.1) is 0 Å². The quantitative estimate of drug-likeness (QED) is 0.829. The lowest BCUT2D eigenvalue weighted by atomic mass is 10.1. The number of anilines is 1. The minimum atomic E-state index is -0.380. The zero-order valence-corrected chi connectivity index (χ0v) is 15.0. The fraction of sp³-hybridized carbons (Fsp3) is 0.579. The van der Waals surface area contributed by atoms with Crippen LogP contribution in [0.2, 0.25) is 0 Å². The van der Waals surface area contributed by atoms with Crippen molar-refractivity contribution in [2.24, 2.45) is 0 Å². The number of piperidine rings is 1. The van der Waals surface area contributed by atoms with Crippen LogP contribution < -0.4 is 15.5 Å². The van der Waals surface area contributed by atoms with Gasteiger partial charge in [-0.3, -0.25) is 15.0 Å². The normalized spacial score (nSPS) is 17.4. The molecule has 0 aromatic heterocycles. The van der Waals surface area contributed by atoms with Crippen LogP contribution in [0.5, 0.6) is 0 Å². The second-order valence-corrected chi connectivity index (χ2v) is 7.14. The second kappa shape index (κ2) is 8.34. The Labute approximate surface area is 149 Å². The maximum atomic E-state index is 12.0. The number of para-hydroxylation sites is 1. The van der Waals surface area contributed by atoms with Crippen LogP contribution in [0.15, 0.2) is 24.3 Å². The van der Waals surface area contributed by atoms with E-state index in [-0.39, 0.29) is 24.5 Å². The van der Waals surface area contributed by atoms with Gasteiger partial charge in [0, 0.05) is 31.4 Å². The van der Waals surface area contributed by atoms with Gasteiger partial charge in [-0.05, 0) is 50.8 Å². The number of urea groups is 1. The molecule has 1 aliphatic carbocycles. The van der Waals surface area contributed by atoms with Crippen molar-refractivity contribution in [3.63, 3.8) is 0 Å². The van der Waals surface area contributed by atoms with Crippen molar-refractivity contribution in [2.45, 2.75) is 44.7 Å². The third-order valence-electron chi connectivity index (χ3n) is 4.71. The summed E-state index contributed by atoms with van der Waals surface area (Å²) in [6.45, 7) is 3.09. The van der Waals surface area contributed by atoms with Crippen LogP contribution in [-0.4, -0.2) is 49.6 Å². The number of nitrogens with one attached hydrogen (secondary N) is 2. The van der Waals surface area contributed by atoms with Gasteiger partial charge in [0.05, 0.1) is 6.54 Å². The van der Waals surface area contributed by atoms with Crippen molar-refractivity contribution in [1.29, 1.82) is 0 Å². The van der Waals surface area contributed by atoms with E-state index in [1.54, 1.807) is 0 Å². The number of hydrogen-bond acceptors (Lipinski definition) is 4. The molecule has 6 nitrogen and oxygen atoms in total. The van der Waals surface area contributed by atoms with Crippen molar-refractivity contribution in [3.05, 3.63) is 29.8 Å². The number of imide groups is 1. The molecule has 2 aliphatic rings. The first kappa shape index (κ1) is 17.7. The molecule has 1 aliphatic heterocycles. The monoisotopic (exact) mass is 344 g/mol. The van der Waals surface area contributed by atoms with Crippen LogP contribution >= 0.6 is 0 Å². The molecule has 2 fully saturated rings. The molecule has 136 valence electrons. The van der Waals surface area contributed by atoms with Gasteiger partial charge in [-0.15, -0.1) is 0 Å². The highest BCUT2D eigenvalue weighted by atomic mass is 16.2. The Morgan fingerprint density at radius 3 is 2.60 bits per heavy atom. The Bertz CT molecular complexity index is 609. The minimum Gasteiger partial charge on any atom is -0.371 e. The molecule has 0 radical (unpaired) electrons. The van der Waals surface area contributed by atoms with E-state index in [1.165, 1.54) is 30.5 Å². The summed E-state index contributed by atoms with van der Waals surface area (Å²) < 4.78 is 0.